The topological polar surface area (TPSA) is 68.4 Å². The fraction of sp³-hybridized carbons (Fsp3) is 0.579. The molecule has 0 N–H and O–H groups in total. The molecule has 4 rings (SSSR count). The molecule has 0 aliphatic carbocycles. The van der Waals surface area contributed by atoms with Crippen LogP contribution >= 0.6 is 0 Å². The Morgan fingerprint density at radius 1 is 1.36 bits per heavy atom. The van der Waals surface area contributed by atoms with E-state index in [2.05, 4.69) is 36.9 Å². The van der Waals surface area contributed by atoms with E-state index in [1.165, 1.54) is 23.8 Å². The molecule has 3 fully saturated rings. The molecule has 0 amide bonds. The van der Waals surface area contributed by atoms with Crippen molar-refractivity contribution < 1.29 is 23.8 Å². The number of ether oxygens (including phenoxy) is 3. The summed E-state index contributed by atoms with van der Waals surface area (Å²) in [7, 11) is 3.28. The summed E-state index contributed by atoms with van der Waals surface area (Å²) < 4.78 is 16.4. The van der Waals surface area contributed by atoms with Crippen molar-refractivity contribution in [3.8, 4) is 0 Å². The molecule has 0 aromatic heterocycles. The van der Waals surface area contributed by atoms with Gasteiger partial charge in [-0.25, -0.2) is 9.59 Å². The van der Waals surface area contributed by atoms with Gasteiger partial charge in [0.15, 0.2) is 11.2 Å². The first-order chi connectivity index (χ1) is 11.7. The second-order valence-corrected chi connectivity index (χ2v) is 7.72. The zero-order chi connectivity index (χ0) is 18.2. The van der Waals surface area contributed by atoms with Gasteiger partial charge in [0.1, 0.15) is 0 Å². The van der Waals surface area contributed by atoms with Crippen LogP contribution in [0, 0.1) is 13.8 Å². The van der Waals surface area contributed by atoms with Gasteiger partial charge >= 0.3 is 11.9 Å². The van der Waals surface area contributed by atoms with Crippen LogP contribution in [-0.2, 0) is 23.8 Å². The molecule has 6 heteroatoms. The minimum absolute atomic E-state index is 0.0368. The number of hydrogen-bond acceptors (Lipinski definition) is 6. The second kappa shape index (κ2) is 4.83. The van der Waals surface area contributed by atoms with E-state index in [9.17, 15) is 9.59 Å². The van der Waals surface area contributed by atoms with Gasteiger partial charge in [-0.15, -0.1) is 0 Å². The Hall–Kier alpha value is -1.92. The van der Waals surface area contributed by atoms with Crippen molar-refractivity contribution in [3.63, 3.8) is 0 Å². The molecule has 0 saturated carbocycles. The largest absolute Gasteiger partial charge is 0.466 e. The number of hydrogen-bond donors (Lipinski definition) is 0. The molecule has 1 aromatic carbocycles. The third-order valence-electron chi connectivity index (χ3n) is 6.14. The number of epoxide rings is 1. The maximum absolute atomic E-state index is 12.5. The summed E-state index contributed by atoms with van der Waals surface area (Å²) in [6.45, 7) is 6.49. The van der Waals surface area contributed by atoms with Crippen LogP contribution in [0.2, 0.25) is 0 Å². The molecular formula is C19H23NO5. The van der Waals surface area contributed by atoms with Crippen molar-refractivity contribution in [2.75, 3.05) is 20.7 Å². The van der Waals surface area contributed by atoms with Gasteiger partial charge in [-0.2, -0.15) is 0 Å². The van der Waals surface area contributed by atoms with Gasteiger partial charge in [0.2, 0.25) is 0 Å². The first-order valence-corrected chi connectivity index (χ1v) is 8.50. The molecule has 0 bridgehead atoms. The van der Waals surface area contributed by atoms with Crippen LogP contribution in [0.3, 0.4) is 0 Å². The lowest BCUT2D eigenvalue weighted by Crippen LogP contribution is -2.58. The van der Waals surface area contributed by atoms with Crippen molar-refractivity contribution in [2.24, 2.45) is 0 Å². The van der Waals surface area contributed by atoms with E-state index >= 15 is 0 Å². The number of methoxy groups -OCH3 is 1. The van der Waals surface area contributed by atoms with E-state index in [1.54, 1.807) is 0 Å². The first-order valence-electron chi connectivity index (χ1n) is 8.50. The average Bonchev–Trinajstić information content (AvgIpc) is 3.18. The average molecular weight is 345 g/mol. The van der Waals surface area contributed by atoms with Crippen LogP contribution in [0.25, 0.3) is 0 Å². The number of likely N-dealkylation sites (tertiary alicyclic amines) is 1. The van der Waals surface area contributed by atoms with Crippen molar-refractivity contribution in [1.29, 1.82) is 0 Å². The maximum Gasteiger partial charge on any atom is 0.354 e. The quantitative estimate of drug-likeness (QED) is 0.461. The maximum atomic E-state index is 12.5. The zero-order valence-electron chi connectivity index (χ0n) is 15.2. The van der Waals surface area contributed by atoms with Crippen LogP contribution in [0.4, 0.5) is 0 Å². The summed E-state index contributed by atoms with van der Waals surface area (Å²) in [6.07, 6.45) is 0.505. The number of aryl methyl sites for hydroxylation is 2. The normalized spacial score (nSPS) is 39.4. The number of nitrogens with zero attached hydrogens (tertiary/aromatic N) is 1. The molecule has 1 aromatic rings. The molecule has 0 unspecified atom stereocenters. The van der Waals surface area contributed by atoms with Gasteiger partial charge in [-0.05, 0) is 38.9 Å². The number of piperidine rings is 1. The number of likely N-dealkylation sites (N-methyl/N-ethyl adjacent to an activating group) is 1. The summed E-state index contributed by atoms with van der Waals surface area (Å²) in [5.74, 6) is -1.29. The lowest BCUT2D eigenvalue weighted by atomic mass is 9.72. The highest BCUT2D eigenvalue weighted by molar-refractivity contribution is 6.11. The summed E-state index contributed by atoms with van der Waals surface area (Å²) in [6, 6.07) is 6.38. The summed E-state index contributed by atoms with van der Waals surface area (Å²) in [4.78, 5) is 27.0. The predicted octanol–water partition coefficient (Wildman–Crippen LogP) is 1.68. The van der Waals surface area contributed by atoms with Gasteiger partial charge in [0.25, 0.3) is 5.60 Å². The standard InChI is InChI=1S/C19H23NO5/c1-11-6-7-13(12(2)8-11)14-9-18-17(3,10-20(14)4)24-16(22)19(18,25-18)15(21)23-5/h6-8,14H,9-10H2,1-5H3/t14-,17+,18+,19-/m0/s1. The number of rotatable bonds is 2. The van der Waals surface area contributed by atoms with Gasteiger partial charge in [0, 0.05) is 19.0 Å². The van der Waals surface area contributed by atoms with Crippen molar-refractivity contribution in [3.05, 3.63) is 34.9 Å². The van der Waals surface area contributed by atoms with Gasteiger partial charge in [-0.3, -0.25) is 4.90 Å². The number of carbonyl (C=O) groups is 2. The summed E-state index contributed by atoms with van der Waals surface area (Å²) in [5, 5.41) is 0. The third kappa shape index (κ3) is 1.81. The minimum Gasteiger partial charge on any atom is -0.466 e. The highest BCUT2D eigenvalue weighted by Gasteiger charge is 2.93. The van der Waals surface area contributed by atoms with Crippen LogP contribution < -0.4 is 0 Å². The number of benzene rings is 1. The third-order valence-corrected chi connectivity index (χ3v) is 6.14. The highest BCUT2D eigenvalue weighted by atomic mass is 16.7. The molecule has 4 atom stereocenters. The van der Waals surface area contributed by atoms with E-state index in [4.69, 9.17) is 14.2 Å². The van der Waals surface area contributed by atoms with E-state index in [0.29, 0.717) is 13.0 Å². The minimum atomic E-state index is -1.60. The number of esters is 2. The van der Waals surface area contributed by atoms with Gasteiger partial charge < -0.3 is 14.2 Å². The Labute approximate surface area is 147 Å². The Morgan fingerprint density at radius 2 is 2.08 bits per heavy atom. The van der Waals surface area contributed by atoms with Crippen LogP contribution in [0.1, 0.15) is 36.1 Å². The molecule has 3 heterocycles. The molecule has 3 aliphatic rings. The Morgan fingerprint density at radius 3 is 2.72 bits per heavy atom. The van der Waals surface area contributed by atoms with E-state index in [0.717, 1.165) is 0 Å². The lowest BCUT2D eigenvalue weighted by Gasteiger charge is -2.45. The molecule has 134 valence electrons. The van der Waals surface area contributed by atoms with E-state index in [1.807, 2.05) is 14.0 Å². The van der Waals surface area contributed by atoms with Crippen molar-refractivity contribution in [2.45, 2.75) is 50.0 Å². The Bertz CT molecular complexity index is 792. The lowest BCUT2D eigenvalue weighted by molar-refractivity contribution is -0.178. The van der Waals surface area contributed by atoms with Crippen LogP contribution in [0.15, 0.2) is 18.2 Å². The Balaban J connectivity index is 1.77. The summed E-state index contributed by atoms with van der Waals surface area (Å²) in [5.41, 5.74) is 0.147. The van der Waals surface area contributed by atoms with Crippen LogP contribution in [0.5, 0.6) is 0 Å². The SMILES string of the molecule is COC(=O)[C@@]12O[C@@]13C[C@@H](c1ccc(C)cc1C)N(C)C[C@@]3(C)OC2=O. The molecule has 0 radical (unpaired) electrons. The predicted molar refractivity (Wildman–Crippen MR) is 89.0 cm³/mol. The molecule has 3 saturated heterocycles. The van der Waals surface area contributed by atoms with E-state index in [-0.39, 0.29) is 6.04 Å². The highest BCUT2D eigenvalue weighted by Crippen LogP contribution is 2.68. The number of carbonyl (C=O) groups excluding carboxylic acids is 2. The smallest absolute Gasteiger partial charge is 0.354 e. The Kier molecular flexibility index (Phi) is 3.19. The van der Waals surface area contributed by atoms with Crippen LogP contribution in [-0.4, -0.2) is 54.3 Å². The fourth-order valence-electron chi connectivity index (χ4n) is 4.84. The fourth-order valence-corrected chi connectivity index (χ4v) is 4.84. The zero-order valence-corrected chi connectivity index (χ0v) is 15.2. The van der Waals surface area contributed by atoms with Gasteiger partial charge in [-0.1, -0.05) is 23.8 Å². The van der Waals surface area contributed by atoms with Gasteiger partial charge in [0.05, 0.1) is 7.11 Å². The first kappa shape index (κ1) is 16.5. The molecule has 6 nitrogen and oxygen atoms in total. The molecule has 25 heavy (non-hydrogen) atoms. The monoisotopic (exact) mass is 345 g/mol. The molecule has 3 aliphatic heterocycles. The van der Waals surface area contributed by atoms with E-state index < -0.39 is 28.7 Å². The second-order valence-electron chi connectivity index (χ2n) is 7.72. The summed E-state index contributed by atoms with van der Waals surface area (Å²) >= 11 is 0. The van der Waals surface area contributed by atoms with Crippen molar-refractivity contribution >= 4 is 11.9 Å². The van der Waals surface area contributed by atoms with Crippen molar-refractivity contribution in [1.82, 2.24) is 4.90 Å². The molecule has 1 spiro atoms. The molecular weight excluding hydrogens is 322 g/mol.